The zero-order valence-corrected chi connectivity index (χ0v) is 13.9. The maximum atomic E-state index is 11.6. The topological polar surface area (TPSA) is 63.1 Å². The number of hydrogen-bond donors (Lipinski definition) is 1. The van der Waals surface area contributed by atoms with Crippen molar-refractivity contribution in [2.24, 2.45) is 0 Å². The van der Waals surface area contributed by atoms with Gasteiger partial charge in [-0.25, -0.2) is 4.98 Å². The minimum Gasteiger partial charge on any atom is -0.354 e. The van der Waals surface area contributed by atoms with Crippen molar-refractivity contribution in [3.63, 3.8) is 0 Å². The second-order valence-electron chi connectivity index (χ2n) is 5.37. The molecule has 2 aromatic heterocycles. The fourth-order valence-corrected chi connectivity index (χ4v) is 3.78. The van der Waals surface area contributed by atoms with Gasteiger partial charge < -0.3 is 5.32 Å². The largest absolute Gasteiger partial charge is 0.354 e. The van der Waals surface area contributed by atoms with Crippen LogP contribution in [0.3, 0.4) is 0 Å². The zero-order chi connectivity index (χ0) is 15.5. The Morgan fingerprint density at radius 2 is 2.45 bits per heavy atom. The molecule has 0 radical (unpaired) electrons. The number of carbonyl (C=O) groups is 1. The maximum Gasteiger partial charge on any atom is 0.271 e. The first-order valence-corrected chi connectivity index (χ1v) is 8.45. The van der Waals surface area contributed by atoms with Gasteiger partial charge in [0.15, 0.2) is 4.47 Å². The molecule has 0 spiro atoms. The lowest BCUT2D eigenvalue weighted by atomic mass is 10.1. The molecule has 1 fully saturated rings. The van der Waals surface area contributed by atoms with Crippen LogP contribution in [-0.2, 0) is 6.54 Å². The summed E-state index contributed by atoms with van der Waals surface area (Å²) >= 11 is 7.41. The molecule has 22 heavy (non-hydrogen) atoms. The van der Waals surface area contributed by atoms with Crippen LogP contribution in [0.2, 0.25) is 4.47 Å². The second-order valence-corrected chi connectivity index (χ2v) is 7.07. The molecule has 3 rings (SSSR count). The summed E-state index contributed by atoms with van der Waals surface area (Å²) in [6, 6.07) is 2.07. The van der Waals surface area contributed by atoms with Crippen molar-refractivity contribution in [3.8, 4) is 0 Å². The molecule has 1 aliphatic heterocycles. The number of hydrogen-bond acceptors (Lipinski definition) is 5. The van der Waals surface area contributed by atoms with Crippen LogP contribution in [0.4, 0.5) is 0 Å². The Kier molecular flexibility index (Phi) is 4.75. The smallest absolute Gasteiger partial charge is 0.271 e. The predicted molar refractivity (Wildman–Crippen MR) is 86.3 cm³/mol. The third-order valence-corrected chi connectivity index (χ3v) is 4.93. The molecule has 0 saturated carbocycles. The van der Waals surface area contributed by atoms with E-state index in [1.54, 1.807) is 13.1 Å². The number of likely N-dealkylation sites (tertiary alicyclic amines) is 1. The number of halogens is 1. The fraction of sp³-hybridized carbons (Fsp3) is 0.500. The van der Waals surface area contributed by atoms with E-state index in [2.05, 4.69) is 20.3 Å². The van der Waals surface area contributed by atoms with Crippen LogP contribution in [-0.4, -0.2) is 45.7 Å². The van der Waals surface area contributed by atoms with Gasteiger partial charge in [-0.3, -0.25) is 14.4 Å². The number of aromatic nitrogens is 3. The van der Waals surface area contributed by atoms with Gasteiger partial charge in [0.1, 0.15) is 5.69 Å². The molecule has 0 bridgehead atoms. The normalized spacial score (nSPS) is 19.3. The summed E-state index contributed by atoms with van der Waals surface area (Å²) in [5.74, 6) is -0.147. The molecule has 6 nitrogen and oxygen atoms in total. The number of rotatable bonds is 4. The van der Waals surface area contributed by atoms with E-state index in [1.165, 1.54) is 16.2 Å². The van der Waals surface area contributed by atoms with Gasteiger partial charge >= 0.3 is 0 Å². The Labute approximate surface area is 138 Å². The number of thiazole rings is 1. The molecule has 1 amide bonds. The van der Waals surface area contributed by atoms with Crippen LogP contribution in [0.25, 0.3) is 0 Å². The second kappa shape index (κ2) is 6.76. The summed E-state index contributed by atoms with van der Waals surface area (Å²) in [4.78, 5) is 19.3. The SMILES string of the molecule is CNC(=O)c1ccn(C2CCCN(Cc3cnc(Cl)s3)C2)n1. The number of piperidine rings is 1. The fourth-order valence-electron chi connectivity index (χ4n) is 2.76. The Balaban J connectivity index is 1.65. The van der Waals surface area contributed by atoms with Crippen molar-refractivity contribution in [1.29, 1.82) is 0 Å². The van der Waals surface area contributed by atoms with E-state index in [0.717, 1.165) is 32.5 Å². The average Bonchev–Trinajstić information content (AvgIpc) is 3.16. The van der Waals surface area contributed by atoms with E-state index in [1.807, 2.05) is 17.1 Å². The Bertz CT molecular complexity index is 655. The van der Waals surface area contributed by atoms with Crippen LogP contribution in [0, 0.1) is 0 Å². The van der Waals surface area contributed by atoms with E-state index in [4.69, 9.17) is 11.6 Å². The predicted octanol–water partition coefficient (Wildman–Crippen LogP) is 2.19. The van der Waals surface area contributed by atoms with Gasteiger partial charge in [0, 0.05) is 37.4 Å². The first kappa shape index (κ1) is 15.5. The quantitative estimate of drug-likeness (QED) is 0.927. The van der Waals surface area contributed by atoms with Crippen molar-refractivity contribution >= 4 is 28.8 Å². The summed E-state index contributed by atoms with van der Waals surface area (Å²) in [6.07, 6.45) is 5.93. The van der Waals surface area contributed by atoms with Crippen LogP contribution in [0.5, 0.6) is 0 Å². The molecular weight excluding hydrogens is 322 g/mol. The standard InChI is InChI=1S/C14H18ClN5OS/c1-16-13(21)12-4-6-20(18-12)10-3-2-5-19(8-10)9-11-7-17-14(15)22-11/h4,6-7,10H,2-3,5,8-9H2,1H3,(H,16,21). The van der Waals surface area contributed by atoms with Crippen molar-refractivity contribution in [1.82, 2.24) is 25.0 Å². The Morgan fingerprint density at radius 3 is 3.18 bits per heavy atom. The third kappa shape index (κ3) is 3.48. The van der Waals surface area contributed by atoms with Crippen LogP contribution in [0.1, 0.15) is 34.2 Å². The third-order valence-electron chi connectivity index (χ3n) is 3.83. The monoisotopic (exact) mass is 339 g/mol. The molecule has 1 unspecified atom stereocenters. The summed E-state index contributed by atoms with van der Waals surface area (Å²) < 4.78 is 2.50. The van der Waals surface area contributed by atoms with Crippen LogP contribution in [0.15, 0.2) is 18.5 Å². The highest BCUT2D eigenvalue weighted by atomic mass is 35.5. The molecule has 2 aromatic rings. The van der Waals surface area contributed by atoms with E-state index in [0.29, 0.717) is 16.2 Å². The van der Waals surface area contributed by atoms with Crippen LogP contribution < -0.4 is 5.32 Å². The Morgan fingerprint density at radius 1 is 1.59 bits per heavy atom. The molecule has 0 aliphatic carbocycles. The lowest BCUT2D eigenvalue weighted by molar-refractivity contribution is 0.0955. The first-order valence-electron chi connectivity index (χ1n) is 7.25. The van der Waals surface area contributed by atoms with Gasteiger partial charge in [-0.1, -0.05) is 11.6 Å². The molecule has 8 heteroatoms. The molecule has 1 N–H and O–H groups in total. The highest BCUT2D eigenvalue weighted by Crippen LogP contribution is 2.25. The lowest BCUT2D eigenvalue weighted by Crippen LogP contribution is -2.36. The minimum absolute atomic E-state index is 0.147. The van der Waals surface area contributed by atoms with Gasteiger partial charge in [0.05, 0.1) is 6.04 Å². The summed E-state index contributed by atoms with van der Waals surface area (Å²) in [5, 5.41) is 7.00. The number of nitrogens with one attached hydrogen (secondary N) is 1. The van der Waals surface area contributed by atoms with Crippen molar-refractivity contribution < 1.29 is 4.79 Å². The Hall–Kier alpha value is -1.44. The number of carbonyl (C=O) groups excluding carboxylic acids is 1. The zero-order valence-electron chi connectivity index (χ0n) is 12.3. The average molecular weight is 340 g/mol. The van der Waals surface area contributed by atoms with Gasteiger partial charge in [-0.2, -0.15) is 5.10 Å². The van der Waals surface area contributed by atoms with Crippen molar-refractivity contribution in [2.75, 3.05) is 20.1 Å². The summed E-state index contributed by atoms with van der Waals surface area (Å²) in [6.45, 7) is 2.85. The molecule has 3 heterocycles. The molecule has 0 aromatic carbocycles. The molecule has 1 atom stereocenters. The lowest BCUT2D eigenvalue weighted by Gasteiger charge is -2.32. The highest BCUT2D eigenvalue weighted by Gasteiger charge is 2.23. The van der Waals surface area contributed by atoms with Crippen molar-refractivity contribution in [2.45, 2.75) is 25.4 Å². The molecular formula is C14H18ClN5OS. The summed E-state index contributed by atoms with van der Waals surface area (Å²) in [7, 11) is 1.61. The van der Waals surface area contributed by atoms with Crippen molar-refractivity contribution in [3.05, 3.63) is 33.5 Å². The van der Waals surface area contributed by atoms with E-state index >= 15 is 0 Å². The van der Waals surface area contributed by atoms with E-state index in [-0.39, 0.29) is 5.91 Å². The highest BCUT2D eigenvalue weighted by molar-refractivity contribution is 7.15. The summed E-state index contributed by atoms with van der Waals surface area (Å²) in [5.41, 5.74) is 0.467. The van der Waals surface area contributed by atoms with Gasteiger partial charge in [-0.15, -0.1) is 11.3 Å². The van der Waals surface area contributed by atoms with E-state index in [9.17, 15) is 4.79 Å². The molecule has 1 saturated heterocycles. The number of amides is 1. The van der Waals surface area contributed by atoms with E-state index < -0.39 is 0 Å². The van der Waals surface area contributed by atoms with Gasteiger partial charge in [0.25, 0.3) is 5.91 Å². The van der Waals surface area contributed by atoms with Gasteiger partial charge in [0.2, 0.25) is 0 Å². The van der Waals surface area contributed by atoms with Gasteiger partial charge in [-0.05, 0) is 25.5 Å². The molecule has 118 valence electrons. The first-order chi connectivity index (χ1) is 10.7. The van der Waals surface area contributed by atoms with Crippen LogP contribution >= 0.6 is 22.9 Å². The molecule has 1 aliphatic rings. The maximum absolute atomic E-state index is 11.6. The minimum atomic E-state index is -0.147. The number of nitrogens with zero attached hydrogens (tertiary/aromatic N) is 4.